The largest absolute Gasteiger partial charge is 0.493 e. The van der Waals surface area contributed by atoms with E-state index >= 15 is 0 Å². The molecule has 2 aromatic rings. The minimum absolute atomic E-state index is 0.0385. The van der Waals surface area contributed by atoms with Gasteiger partial charge in [0.25, 0.3) is 5.91 Å². The van der Waals surface area contributed by atoms with E-state index in [9.17, 15) is 4.79 Å². The predicted octanol–water partition coefficient (Wildman–Crippen LogP) is 4.09. The molecule has 1 atom stereocenters. The molecule has 1 aliphatic rings. The average molecular weight is 367 g/mol. The van der Waals surface area contributed by atoms with Gasteiger partial charge in [0.2, 0.25) is 5.75 Å². The van der Waals surface area contributed by atoms with Crippen molar-refractivity contribution in [1.82, 2.24) is 0 Å². The highest BCUT2D eigenvalue weighted by molar-refractivity contribution is 6.05. The quantitative estimate of drug-likeness (QED) is 0.747. The number of benzene rings is 2. The van der Waals surface area contributed by atoms with Gasteiger partial charge in [0, 0.05) is 17.8 Å². The second-order valence-corrected chi connectivity index (χ2v) is 6.52. The molecule has 0 radical (unpaired) electrons. The number of hydrogen-bond donors (Lipinski definition) is 0. The summed E-state index contributed by atoms with van der Waals surface area (Å²) in [5.74, 6) is 1.60. The lowest BCUT2D eigenvalue weighted by Crippen LogP contribution is -2.41. The zero-order chi connectivity index (χ0) is 19.4. The third kappa shape index (κ3) is 3.77. The Bertz CT molecular complexity index is 834. The van der Waals surface area contributed by atoms with Gasteiger partial charge in [0.05, 0.1) is 21.3 Å². The third-order valence-corrected chi connectivity index (χ3v) is 4.87. The molecule has 0 N–H and O–H groups in total. The van der Waals surface area contributed by atoms with Crippen LogP contribution in [0, 0.1) is 0 Å². The van der Waals surface area contributed by atoms with Crippen LogP contribution in [0.5, 0.6) is 17.2 Å². The molecule has 27 heavy (non-hydrogen) atoms. The fourth-order valence-corrected chi connectivity index (χ4v) is 3.47. The van der Waals surface area contributed by atoms with Crippen LogP contribution in [-0.4, -0.2) is 33.3 Å². The van der Waals surface area contributed by atoms with Gasteiger partial charge in [-0.15, -0.1) is 0 Å². The second kappa shape index (κ2) is 8.16. The van der Waals surface area contributed by atoms with Crippen LogP contribution >= 0.6 is 0 Å². The summed E-state index contributed by atoms with van der Waals surface area (Å²) in [4.78, 5) is 14.8. The summed E-state index contributed by atoms with van der Waals surface area (Å²) in [5.41, 5.74) is 3.01. The number of nitrogens with zero attached hydrogens (tertiary/aromatic N) is 1. The van der Waals surface area contributed by atoms with Gasteiger partial charge >= 0.3 is 0 Å². The molecule has 1 aliphatic heterocycles. The first-order valence-corrected chi connectivity index (χ1v) is 8.98. The number of methoxy groups -OCH3 is 3. The maximum Gasteiger partial charge on any atom is 0.251 e. The molecule has 0 saturated heterocycles. The number of rotatable bonds is 5. The molecule has 3 rings (SSSR count). The Hall–Kier alpha value is -2.95. The van der Waals surface area contributed by atoms with Gasteiger partial charge in [-0.05, 0) is 55.2 Å². The number of carbonyl (C=O) groups excluding carboxylic acids is 1. The molecule has 1 unspecified atom stereocenters. The van der Waals surface area contributed by atoms with Crippen molar-refractivity contribution in [1.29, 1.82) is 0 Å². The van der Waals surface area contributed by atoms with Gasteiger partial charge in [-0.3, -0.25) is 4.79 Å². The summed E-state index contributed by atoms with van der Waals surface area (Å²) in [5, 5.41) is 0. The van der Waals surface area contributed by atoms with Crippen LogP contribution in [0.15, 0.2) is 42.5 Å². The highest BCUT2D eigenvalue weighted by Gasteiger charge is 2.26. The number of fused-ring (bicyclic) bond motifs is 1. The van der Waals surface area contributed by atoms with E-state index in [1.54, 1.807) is 33.5 Å². The number of aryl methyl sites for hydroxylation is 1. The van der Waals surface area contributed by atoms with Crippen molar-refractivity contribution in [3.05, 3.63) is 53.6 Å². The lowest BCUT2D eigenvalue weighted by Gasteiger charge is -2.34. The molecular formula is C22H25NO4. The highest BCUT2D eigenvalue weighted by atomic mass is 16.5. The predicted molar refractivity (Wildman–Crippen MR) is 107 cm³/mol. The molecular weight excluding hydrogens is 342 g/mol. The molecule has 0 aromatic heterocycles. The van der Waals surface area contributed by atoms with E-state index in [0.29, 0.717) is 17.2 Å². The zero-order valence-electron chi connectivity index (χ0n) is 16.2. The van der Waals surface area contributed by atoms with E-state index in [1.165, 1.54) is 5.56 Å². The van der Waals surface area contributed by atoms with Gasteiger partial charge in [-0.2, -0.15) is 0 Å². The number of hydrogen-bond acceptors (Lipinski definition) is 4. The minimum atomic E-state index is -0.0385. The van der Waals surface area contributed by atoms with Crippen molar-refractivity contribution in [2.75, 3.05) is 26.2 Å². The Morgan fingerprint density at radius 3 is 2.37 bits per heavy atom. The molecule has 1 amide bonds. The first-order chi connectivity index (χ1) is 13.1. The Morgan fingerprint density at radius 2 is 1.74 bits per heavy atom. The molecule has 142 valence electrons. The average Bonchev–Trinajstić information content (AvgIpc) is 2.70. The van der Waals surface area contributed by atoms with Crippen molar-refractivity contribution >= 4 is 17.7 Å². The van der Waals surface area contributed by atoms with Crippen molar-refractivity contribution in [3.63, 3.8) is 0 Å². The molecule has 2 aromatic carbocycles. The van der Waals surface area contributed by atoms with Crippen molar-refractivity contribution in [2.45, 2.75) is 25.8 Å². The van der Waals surface area contributed by atoms with Crippen LogP contribution in [0.1, 0.15) is 24.5 Å². The van der Waals surface area contributed by atoms with Gasteiger partial charge in [-0.25, -0.2) is 0 Å². The summed E-state index contributed by atoms with van der Waals surface area (Å²) in [6.45, 7) is 2.08. The van der Waals surface area contributed by atoms with E-state index in [2.05, 4.69) is 13.0 Å². The summed E-state index contributed by atoms with van der Waals surface area (Å²) >= 11 is 0. The first kappa shape index (κ1) is 18.8. The molecule has 1 heterocycles. The van der Waals surface area contributed by atoms with Gasteiger partial charge in [0.15, 0.2) is 11.5 Å². The lowest BCUT2D eigenvalue weighted by atomic mass is 9.96. The minimum Gasteiger partial charge on any atom is -0.493 e. The van der Waals surface area contributed by atoms with E-state index < -0.39 is 0 Å². The Morgan fingerprint density at radius 1 is 1.07 bits per heavy atom. The van der Waals surface area contributed by atoms with Gasteiger partial charge < -0.3 is 19.1 Å². The number of anilines is 1. The monoisotopic (exact) mass is 367 g/mol. The van der Waals surface area contributed by atoms with E-state index in [1.807, 2.05) is 35.2 Å². The highest BCUT2D eigenvalue weighted by Crippen LogP contribution is 2.38. The van der Waals surface area contributed by atoms with Crippen LogP contribution in [0.25, 0.3) is 6.08 Å². The molecule has 0 spiro atoms. The van der Waals surface area contributed by atoms with Crippen molar-refractivity contribution in [2.24, 2.45) is 0 Å². The normalized spacial score (nSPS) is 16.1. The summed E-state index contributed by atoms with van der Waals surface area (Å²) in [6, 6.07) is 11.9. The third-order valence-electron chi connectivity index (χ3n) is 4.87. The molecule has 0 fully saturated rings. The molecule has 0 bridgehead atoms. The van der Waals surface area contributed by atoms with Crippen LogP contribution in [-0.2, 0) is 11.2 Å². The standard InChI is InChI=1S/C22H25NO4/c1-15-9-11-17-7-5-6-8-18(17)23(15)21(24)12-10-16-13-19(25-2)22(27-4)20(14-16)26-3/h5-8,10,12-15H,9,11H2,1-4H3/b12-10+. The topological polar surface area (TPSA) is 48.0 Å². The molecule has 0 aliphatic carbocycles. The van der Waals surface area contributed by atoms with E-state index in [-0.39, 0.29) is 11.9 Å². The smallest absolute Gasteiger partial charge is 0.251 e. The van der Waals surface area contributed by atoms with E-state index in [4.69, 9.17) is 14.2 Å². The Kier molecular flexibility index (Phi) is 5.69. The Labute approximate surface area is 160 Å². The Balaban J connectivity index is 1.89. The first-order valence-electron chi connectivity index (χ1n) is 8.98. The second-order valence-electron chi connectivity index (χ2n) is 6.52. The van der Waals surface area contributed by atoms with Crippen LogP contribution < -0.4 is 19.1 Å². The fourth-order valence-electron chi connectivity index (χ4n) is 3.47. The number of ether oxygens (including phenoxy) is 3. The van der Waals surface area contributed by atoms with Crippen LogP contribution in [0.3, 0.4) is 0 Å². The number of para-hydroxylation sites is 1. The van der Waals surface area contributed by atoms with Crippen molar-refractivity contribution in [3.8, 4) is 17.2 Å². The molecule has 5 heteroatoms. The lowest BCUT2D eigenvalue weighted by molar-refractivity contribution is -0.114. The SMILES string of the molecule is COc1cc(/C=C/C(=O)N2c3ccccc3CCC2C)cc(OC)c1OC. The maximum absolute atomic E-state index is 12.9. The number of amides is 1. The van der Waals surface area contributed by atoms with Crippen LogP contribution in [0.2, 0.25) is 0 Å². The number of carbonyl (C=O) groups is 1. The van der Waals surface area contributed by atoms with Gasteiger partial charge in [-0.1, -0.05) is 18.2 Å². The zero-order valence-corrected chi connectivity index (χ0v) is 16.2. The fraction of sp³-hybridized carbons (Fsp3) is 0.318. The van der Waals surface area contributed by atoms with Crippen molar-refractivity contribution < 1.29 is 19.0 Å². The maximum atomic E-state index is 12.9. The van der Waals surface area contributed by atoms with Gasteiger partial charge in [0.1, 0.15) is 0 Å². The molecule has 5 nitrogen and oxygen atoms in total. The molecule has 0 saturated carbocycles. The van der Waals surface area contributed by atoms with Crippen LogP contribution in [0.4, 0.5) is 5.69 Å². The summed E-state index contributed by atoms with van der Waals surface area (Å²) < 4.78 is 16.1. The summed E-state index contributed by atoms with van der Waals surface area (Å²) in [6.07, 6.45) is 5.33. The van der Waals surface area contributed by atoms with E-state index in [0.717, 1.165) is 24.1 Å². The summed E-state index contributed by atoms with van der Waals surface area (Å²) in [7, 11) is 4.71.